The number of likely N-dealkylation sites (N-methyl/N-ethyl adjacent to an activating group) is 2. The monoisotopic (exact) mass is 193 g/mol. The van der Waals surface area contributed by atoms with Crippen molar-refractivity contribution in [2.45, 2.75) is 6.54 Å². The quantitative estimate of drug-likeness (QED) is 0.746. The van der Waals surface area contributed by atoms with Crippen molar-refractivity contribution in [1.82, 2.24) is 15.2 Å². The molecule has 1 aromatic rings. The van der Waals surface area contributed by atoms with E-state index in [-0.39, 0.29) is 5.91 Å². The molecule has 0 atom stereocenters. The van der Waals surface area contributed by atoms with E-state index in [0.717, 1.165) is 5.56 Å². The first-order valence-electron chi connectivity index (χ1n) is 4.51. The Morgan fingerprint density at radius 1 is 1.50 bits per heavy atom. The van der Waals surface area contributed by atoms with Gasteiger partial charge in [0.05, 0.1) is 6.54 Å². The van der Waals surface area contributed by atoms with Crippen LogP contribution >= 0.6 is 0 Å². The third-order valence-electron chi connectivity index (χ3n) is 1.92. The summed E-state index contributed by atoms with van der Waals surface area (Å²) in [7, 11) is 3.55. The topological polar surface area (TPSA) is 45.2 Å². The maximum atomic E-state index is 11.4. The van der Waals surface area contributed by atoms with E-state index in [2.05, 4.69) is 10.3 Å². The van der Waals surface area contributed by atoms with Crippen LogP contribution in [0.5, 0.6) is 0 Å². The first kappa shape index (κ1) is 10.7. The van der Waals surface area contributed by atoms with Crippen molar-refractivity contribution in [2.75, 3.05) is 20.6 Å². The van der Waals surface area contributed by atoms with Crippen LogP contribution < -0.4 is 5.32 Å². The van der Waals surface area contributed by atoms with Crippen molar-refractivity contribution in [2.24, 2.45) is 0 Å². The summed E-state index contributed by atoms with van der Waals surface area (Å²) in [4.78, 5) is 17.0. The molecule has 0 aliphatic rings. The zero-order valence-corrected chi connectivity index (χ0v) is 8.53. The van der Waals surface area contributed by atoms with Crippen LogP contribution in [0.3, 0.4) is 0 Å². The van der Waals surface area contributed by atoms with Gasteiger partial charge in [0.2, 0.25) is 5.91 Å². The molecule has 4 heteroatoms. The zero-order valence-electron chi connectivity index (χ0n) is 8.53. The van der Waals surface area contributed by atoms with E-state index in [4.69, 9.17) is 0 Å². The van der Waals surface area contributed by atoms with Crippen molar-refractivity contribution in [1.29, 1.82) is 0 Å². The van der Waals surface area contributed by atoms with Gasteiger partial charge in [-0.2, -0.15) is 0 Å². The van der Waals surface area contributed by atoms with Crippen LogP contribution in [-0.2, 0) is 11.3 Å². The van der Waals surface area contributed by atoms with Crippen molar-refractivity contribution >= 4 is 5.91 Å². The molecule has 76 valence electrons. The molecule has 0 radical (unpaired) electrons. The fourth-order valence-corrected chi connectivity index (χ4v) is 1.14. The Bertz CT molecular complexity index is 287. The number of hydrogen-bond donors (Lipinski definition) is 1. The summed E-state index contributed by atoms with van der Waals surface area (Å²) in [6.07, 6.45) is 3.46. The number of aromatic nitrogens is 1. The molecule has 1 aromatic heterocycles. The number of amides is 1. The fourth-order valence-electron chi connectivity index (χ4n) is 1.14. The number of rotatable bonds is 4. The minimum atomic E-state index is 0.0873. The van der Waals surface area contributed by atoms with Gasteiger partial charge in [0.25, 0.3) is 0 Å². The summed E-state index contributed by atoms with van der Waals surface area (Å²) in [6, 6.07) is 3.81. The third kappa shape index (κ3) is 3.14. The lowest BCUT2D eigenvalue weighted by Crippen LogP contribution is -2.33. The van der Waals surface area contributed by atoms with E-state index >= 15 is 0 Å². The van der Waals surface area contributed by atoms with Crippen LogP contribution in [0.25, 0.3) is 0 Å². The molecule has 0 bridgehead atoms. The van der Waals surface area contributed by atoms with Gasteiger partial charge in [-0.25, -0.2) is 0 Å². The highest BCUT2D eigenvalue weighted by atomic mass is 16.2. The van der Waals surface area contributed by atoms with Gasteiger partial charge < -0.3 is 10.2 Å². The normalized spacial score (nSPS) is 9.86. The Morgan fingerprint density at radius 3 is 2.71 bits per heavy atom. The Balaban J connectivity index is 2.49. The van der Waals surface area contributed by atoms with Crippen LogP contribution in [0.1, 0.15) is 5.56 Å². The van der Waals surface area contributed by atoms with Crippen LogP contribution in [0, 0.1) is 0 Å². The second-order valence-electron chi connectivity index (χ2n) is 3.14. The molecule has 1 N–H and O–H groups in total. The van der Waals surface area contributed by atoms with Crippen LogP contribution in [0.15, 0.2) is 24.5 Å². The van der Waals surface area contributed by atoms with Crippen molar-refractivity contribution in [3.05, 3.63) is 30.1 Å². The van der Waals surface area contributed by atoms with E-state index in [1.165, 1.54) is 0 Å². The first-order valence-corrected chi connectivity index (χ1v) is 4.51. The number of pyridine rings is 1. The molecule has 0 saturated heterocycles. The highest BCUT2D eigenvalue weighted by Crippen LogP contribution is 2.00. The molecule has 14 heavy (non-hydrogen) atoms. The molecule has 0 aliphatic carbocycles. The molecule has 0 unspecified atom stereocenters. The summed E-state index contributed by atoms with van der Waals surface area (Å²) >= 11 is 0. The summed E-state index contributed by atoms with van der Waals surface area (Å²) in [5, 5.41) is 2.83. The SMILES string of the molecule is CNCC(=O)N(C)Cc1ccncc1. The molecule has 4 nitrogen and oxygen atoms in total. The van der Waals surface area contributed by atoms with Crippen LogP contribution in [0.4, 0.5) is 0 Å². The smallest absolute Gasteiger partial charge is 0.236 e. The maximum Gasteiger partial charge on any atom is 0.236 e. The minimum absolute atomic E-state index is 0.0873. The Hall–Kier alpha value is -1.42. The molecule has 0 fully saturated rings. The van der Waals surface area contributed by atoms with Crippen molar-refractivity contribution in [3.8, 4) is 0 Å². The molecule has 1 rings (SSSR count). The number of hydrogen-bond acceptors (Lipinski definition) is 3. The molecule has 0 aliphatic heterocycles. The zero-order chi connectivity index (χ0) is 10.4. The van der Waals surface area contributed by atoms with E-state index in [0.29, 0.717) is 13.1 Å². The summed E-state index contributed by atoms with van der Waals surface area (Å²) in [5.74, 6) is 0.0873. The summed E-state index contributed by atoms with van der Waals surface area (Å²) < 4.78 is 0. The van der Waals surface area contributed by atoms with Gasteiger partial charge in [-0.05, 0) is 24.7 Å². The molecular formula is C10H15N3O. The lowest BCUT2D eigenvalue weighted by molar-refractivity contribution is -0.129. The fraction of sp³-hybridized carbons (Fsp3) is 0.400. The molecule has 1 amide bonds. The van der Waals surface area contributed by atoms with Crippen molar-refractivity contribution in [3.63, 3.8) is 0 Å². The summed E-state index contributed by atoms with van der Waals surface area (Å²) in [5.41, 5.74) is 1.09. The minimum Gasteiger partial charge on any atom is -0.340 e. The van der Waals surface area contributed by atoms with Crippen LogP contribution in [0.2, 0.25) is 0 Å². The third-order valence-corrected chi connectivity index (χ3v) is 1.92. The van der Waals surface area contributed by atoms with Gasteiger partial charge in [0, 0.05) is 26.0 Å². The molecule has 0 spiro atoms. The van der Waals surface area contributed by atoms with E-state index < -0.39 is 0 Å². The Kier molecular flexibility index (Phi) is 4.07. The maximum absolute atomic E-state index is 11.4. The predicted molar refractivity (Wildman–Crippen MR) is 54.6 cm³/mol. The van der Waals surface area contributed by atoms with Crippen molar-refractivity contribution < 1.29 is 4.79 Å². The average molecular weight is 193 g/mol. The first-order chi connectivity index (χ1) is 6.74. The van der Waals surface area contributed by atoms with E-state index in [9.17, 15) is 4.79 Å². The van der Waals surface area contributed by atoms with Gasteiger partial charge in [0.1, 0.15) is 0 Å². The number of nitrogens with zero attached hydrogens (tertiary/aromatic N) is 2. The molecular weight excluding hydrogens is 178 g/mol. The second-order valence-corrected chi connectivity index (χ2v) is 3.14. The van der Waals surface area contributed by atoms with E-state index in [1.807, 2.05) is 12.1 Å². The second kappa shape index (κ2) is 5.34. The van der Waals surface area contributed by atoms with Gasteiger partial charge in [-0.1, -0.05) is 0 Å². The average Bonchev–Trinajstić information content (AvgIpc) is 2.19. The largest absolute Gasteiger partial charge is 0.340 e. The Labute approximate surface area is 83.9 Å². The lowest BCUT2D eigenvalue weighted by Gasteiger charge is -2.16. The lowest BCUT2D eigenvalue weighted by atomic mass is 10.2. The van der Waals surface area contributed by atoms with Crippen LogP contribution in [-0.4, -0.2) is 36.4 Å². The predicted octanol–water partition coefficient (Wildman–Crippen LogP) is 0.259. The number of nitrogens with one attached hydrogen (secondary N) is 1. The highest BCUT2D eigenvalue weighted by molar-refractivity contribution is 5.77. The highest BCUT2D eigenvalue weighted by Gasteiger charge is 2.06. The van der Waals surface area contributed by atoms with Gasteiger partial charge in [-0.15, -0.1) is 0 Å². The Morgan fingerprint density at radius 2 is 2.14 bits per heavy atom. The van der Waals surface area contributed by atoms with Gasteiger partial charge in [-0.3, -0.25) is 9.78 Å². The molecule has 0 saturated carbocycles. The number of carbonyl (C=O) groups is 1. The summed E-state index contributed by atoms with van der Waals surface area (Å²) in [6.45, 7) is 1.00. The number of carbonyl (C=O) groups excluding carboxylic acids is 1. The van der Waals surface area contributed by atoms with Gasteiger partial charge >= 0.3 is 0 Å². The standard InChI is InChI=1S/C10H15N3O/c1-11-7-10(14)13(2)8-9-3-5-12-6-4-9/h3-6,11H,7-8H2,1-2H3. The van der Waals surface area contributed by atoms with Gasteiger partial charge in [0.15, 0.2) is 0 Å². The van der Waals surface area contributed by atoms with E-state index in [1.54, 1.807) is 31.4 Å². The molecule has 1 heterocycles. The molecule has 0 aromatic carbocycles.